The largest absolute Gasteiger partial charge is 0.369 e. The molecule has 0 amide bonds. The van der Waals surface area contributed by atoms with Crippen molar-refractivity contribution in [2.75, 3.05) is 18.0 Å². The van der Waals surface area contributed by atoms with Gasteiger partial charge in [-0.25, -0.2) is 0 Å². The molecule has 1 aliphatic rings. The summed E-state index contributed by atoms with van der Waals surface area (Å²) in [7, 11) is 0. The van der Waals surface area contributed by atoms with E-state index in [-0.39, 0.29) is 6.04 Å². The van der Waals surface area contributed by atoms with Crippen LogP contribution in [0.4, 0.5) is 5.69 Å². The number of nitrogens with two attached hydrogens (primary N) is 1. The summed E-state index contributed by atoms with van der Waals surface area (Å²) in [5.74, 6) is 0. The monoisotopic (exact) mass is 216 g/mol. The minimum atomic E-state index is 0.223. The number of anilines is 1. The van der Waals surface area contributed by atoms with E-state index in [4.69, 9.17) is 11.0 Å². The van der Waals surface area contributed by atoms with Gasteiger partial charge in [0.05, 0.1) is 16.9 Å². The number of hydrogen-bond donors (Lipinski definition) is 1. The first-order chi connectivity index (χ1) is 7.61. The summed E-state index contributed by atoms with van der Waals surface area (Å²) in [6.07, 6.45) is 0.991. The van der Waals surface area contributed by atoms with E-state index in [0.29, 0.717) is 5.56 Å². The van der Waals surface area contributed by atoms with E-state index >= 15 is 0 Å². The molecule has 0 saturated carbocycles. The lowest BCUT2D eigenvalue weighted by atomic mass is 10.1. The predicted molar refractivity (Wildman–Crippen MR) is 63.2 cm³/mol. The normalized spacial score (nSPS) is 19.9. The molecule has 0 bridgehead atoms. The van der Waals surface area contributed by atoms with Gasteiger partial charge in [0.1, 0.15) is 6.07 Å². The third kappa shape index (κ3) is 1.86. The Bertz CT molecular complexity index is 447. The molecule has 1 aromatic heterocycles. The number of hydrogen-bond acceptors (Lipinski definition) is 4. The highest BCUT2D eigenvalue weighted by atomic mass is 15.2. The van der Waals surface area contributed by atoms with Gasteiger partial charge in [-0.05, 0) is 26.3 Å². The van der Waals surface area contributed by atoms with Crippen LogP contribution in [0, 0.1) is 25.2 Å². The first-order valence-electron chi connectivity index (χ1n) is 5.50. The molecule has 0 radical (unpaired) electrons. The summed E-state index contributed by atoms with van der Waals surface area (Å²) < 4.78 is 0. The number of nitriles is 1. The SMILES string of the molecule is Cc1cc(N2CCC(N)C2)c(C#N)c(C)n1. The molecule has 1 saturated heterocycles. The zero-order chi connectivity index (χ0) is 11.7. The van der Waals surface area contributed by atoms with Crippen molar-refractivity contribution < 1.29 is 0 Å². The minimum absolute atomic E-state index is 0.223. The van der Waals surface area contributed by atoms with Crippen LogP contribution < -0.4 is 10.6 Å². The maximum Gasteiger partial charge on any atom is 0.103 e. The van der Waals surface area contributed by atoms with E-state index in [1.165, 1.54) is 0 Å². The summed E-state index contributed by atoms with van der Waals surface area (Å²) in [5, 5.41) is 9.17. The average Bonchev–Trinajstić information content (AvgIpc) is 2.63. The lowest BCUT2D eigenvalue weighted by Gasteiger charge is -2.20. The first-order valence-corrected chi connectivity index (χ1v) is 5.50. The van der Waals surface area contributed by atoms with Crippen molar-refractivity contribution >= 4 is 5.69 Å². The van der Waals surface area contributed by atoms with Crippen LogP contribution in [0.15, 0.2) is 6.07 Å². The molecule has 2 rings (SSSR count). The zero-order valence-corrected chi connectivity index (χ0v) is 9.70. The maximum absolute atomic E-state index is 9.17. The van der Waals surface area contributed by atoms with Crippen LogP contribution in [0.2, 0.25) is 0 Å². The Morgan fingerprint density at radius 2 is 2.31 bits per heavy atom. The highest BCUT2D eigenvalue weighted by Gasteiger charge is 2.22. The van der Waals surface area contributed by atoms with Gasteiger partial charge in [-0.15, -0.1) is 0 Å². The standard InChI is InChI=1S/C12H16N4/c1-8-5-12(11(6-13)9(2)15-8)16-4-3-10(14)7-16/h5,10H,3-4,7,14H2,1-2H3. The van der Waals surface area contributed by atoms with Crippen LogP contribution in [0.25, 0.3) is 0 Å². The van der Waals surface area contributed by atoms with Gasteiger partial charge < -0.3 is 10.6 Å². The molecule has 1 fully saturated rings. The second-order valence-corrected chi connectivity index (χ2v) is 4.35. The molecule has 4 nitrogen and oxygen atoms in total. The zero-order valence-electron chi connectivity index (χ0n) is 9.70. The second-order valence-electron chi connectivity index (χ2n) is 4.35. The molecule has 16 heavy (non-hydrogen) atoms. The molecule has 2 heterocycles. The summed E-state index contributed by atoms with van der Waals surface area (Å²) in [6.45, 7) is 5.59. The van der Waals surface area contributed by atoms with Crippen molar-refractivity contribution in [3.05, 3.63) is 23.0 Å². The van der Waals surface area contributed by atoms with E-state index in [9.17, 15) is 0 Å². The average molecular weight is 216 g/mol. The molecular formula is C12H16N4. The fraction of sp³-hybridized carbons (Fsp3) is 0.500. The molecule has 0 aromatic carbocycles. The van der Waals surface area contributed by atoms with Crippen LogP contribution in [0.3, 0.4) is 0 Å². The number of aryl methyl sites for hydroxylation is 2. The Morgan fingerprint density at radius 3 is 2.88 bits per heavy atom. The Hall–Kier alpha value is -1.60. The van der Waals surface area contributed by atoms with Crippen molar-refractivity contribution in [2.45, 2.75) is 26.3 Å². The van der Waals surface area contributed by atoms with Gasteiger partial charge in [-0.1, -0.05) is 0 Å². The van der Waals surface area contributed by atoms with E-state index in [0.717, 1.165) is 36.6 Å². The van der Waals surface area contributed by atoms with Crippen molar-refractivity contribution in [1.82, 2.24) is 4.98 Å². The Labute approximate surface area is 95.7 Å². The number of pyridine rings is 1. The van der Waals surface area contributed by atoms with Crippen LogP contribution in [-0.4, -0.2) is 24.1 Å². The number of nitrogens with zero attached hydrogens (tertiary/aromatic N) is 3. The van der Waals surface area contributed by atoms with Crippen LogP contribution in [0.1, 0.15) is 23.4 Å². The molecular weight excluding hydrogens is 200 g/mol. The summed E-state index contributed by atoms with van der Waals surface area (Å²) in [4.78, 5) is 6.50. The lowest BCUT2D eigenvalue weighted by molar-refractivity contribution is 0.752. The number of aromatic nitrogens is 1. The summed E-state index contributed by atoms with van der Waals surface area (Å²) in [5.41, 5.74) is 9.31. The quantitative estimate of drug-likeness (QED) is 0.763. The van der Waals surface area contributed by atoms with Gasteiger partial charge in [0, 0.05) is 24.8 Å². The van der Waals surface area contributed by atoms with Crippen LogP contribution >= 0.6 is 0 Å². The maximum atomic E-state index is 9.17. The van der Waals surface area contributed by atoms with E-state index < -0.39 is 0 Å². The van der Waals surface area contributed by atoms with Gasteiger partial charge in [0.25, 0.3) is 0 Å². The highest BCUT2D eigenvalue weighted by molar-refractivity contribution is 5.62. The smallest absolute Gasteiger partial charge is 0.103 e. The van der Waals surface area contributed by atoms with E-state index in [1.54, 1.807) is 0 Å². The van der Waals surface area contributed by atoms with Crippen LogP contribution in [-0.2, 0) is 0 Å². The van der Waals surface area contributed by atoms with Gasteiger partial charge in [-0.2, -0.15) is 5.26 Å². The summed E-state index contributed by atoms with van der Waals surface area (Å²) >= 11 is 0. The first kappa shape index (κ1) is 10.9. The third-order valence-corrected chi connectivity index (χ3v) is 2.98. The molecule has 0 aliphatic carbocycles. The number of rotatable bonds is 1. The molecule has 1 aromatic rings. The fourth-order valence-electron chi connectivity index (χ4n) is 2.20. The van der Waals surface area contributed by atoms with Gasteiger partial charge >= 0.3 is 0 Å². The molecule has 4 heteroatoms. The van der Waals surface area contributed by atoms with Crippen molar-refractivity contribution in [2.24, 2.45) is 5.73 Å². The van der Waals surface area contributed by atoms with E-state index in [1.807, 2.05) is 19.9 Å². The molecule has 84 valence electrons. The molecule has 0 spiro atoms. The van der Waals surface area contributed by atoms with E-state index in [2.05, 4.69) is 16.0 Å². The van der Waals surface area contributed by atoms with Crippen molar-refractivity contribution in [3.8, 4) is 6.07 Å². The Morgan fingerprint density at radius 1 is 1.56 bits per heavy atom. The van der Waals surface area contributed by atoms with Gasteiger partial charge in [0.15, 0.2) is 0 Å². The van der Waals surface area contributed by atoms with Crippen molar-refractivity contribution in [1.29, 1.82) is 5.26 Å². The molecule has 2 N–H and O–H groups in total. The topological polar surface area (TPSA) is 65.9 Å². The van der Waals surface area contributed by atoms with Crippen molar-refractivity contribution in [3.63, 3.8) is 0 Å². The second kappa shape index (κ2) is 4.11. The molecule has 1 atom stereocenters. The van der Waals surface area contributed by atoms with Gasteiger partial charge in [-0.3, -0.25) is 4.98 Å². The lowest BCUT2D eigenvalue weighted by Crippen LogP contribution is -2.27. The molecule has 1 unspecified atom stereocenters. The highest BCUT2D eigenvalue weighted by Crippen LogP contribution is 2.26. The minimum Gasteiger partial charge on any atom is -0.369 e. The third-order valence-electron chi connectivity index (χ3n) is 2.98. The predicted octanol–water partition coefficient (Wildman–Crippen LogP) is 1.11. The fourth-order valence-corrected chi connectivity index (χ4v) is 2.20. The summed E-state index contributed by atoms with van der Waals surface area (Å²) in [6, 6.07) is 4.44. The molecule has 1 aliphatic heterocycles. The van der Waals surface area contributed by atoms with Crippen LogP contribution in [0.5, 0.6) is 0 Å². The Kier molecular flexibility index (Phi) is 2.80. The van der Waals surface area contributed by atoms with Gasteiger partial charge in [0.2, 0.25) is 0 Å². The Balaban J connectivity index is 2.43.